The maximum absolute atomic E-state index is 13.5. The summed E-state index contributed by atoms with van der Waals surface area (Å²) in [5.74, 6) is -1.16. The highest BCUT2D eigenvalue weighted by atomic mass is 35.5. The van der Waals surface area contributed by atoms with Crippen LogP contribution in [0.25, 0.3) is 0 Å². The molecule has 5 nitrogen and oxygen atoms in total. The number of hydrogen-bond acceptors (Lipinski definition) is 4. The van der Waals surface area contributed by atoms with Crippen LogP contribution in [0.15, 0.2) is 71.8 Å². The molecule has 0 N–H and O–H groups in total. The van der Waals surface area contributed by atoms with E-state index in [-0.39, 0.29) is 12.5 Å². The largest absolute Gasteiger partial charge is 0.465 e. The second kappa shape index (κ2) is 9.96. The number of ether oxygens (including phenoxy) is 1. The Hall–Kier alpha value is -2.86. The van der Waals surface area contributed by atoms with Crippen molar-refractivity contribution in [3.8, 4) is 0 Å². The van der Waals surface area contributed by atoms with E-state index in [1.54, 1.807) is 48.5 Å². The number of rotatable bonds is 5. The van der Waals surface area contributed by atoms with Gasteiger partial charge in [0.15, 0.2) is 0 Å². The summed E-state index contributed by atoms with van der Waals surface area (Å²) in [6.45, 7) is 0.228. The van der Waals surface area contributed by atoms with Gasteiger partial charge in [-0.2, -0.15) is 5.10 Å². The van der Waals surface area contributed by atoms with E-state index in [0.29, 0.717) is 32.6 Å². The quantitative estimate of drug-likeness (QED) is 0.383. The number of nitrogens with zero attached hydrogens (tertiary/aromatic N) is 2. The predicted octanol–water partition coefficient (Wildman–Crippen LogP) is 6.35. The van der Waals surface area contributed by atoms with E-state index in [4.69, 9.17) is 39.5 Å². The molecule has 0 unspecified atom stereocenters. The Labute approximate surface area is 206 Å². The molecule has 0 saturated heterocycles. The van der Waals surface area contributed by atoms with Gasteiger partial charge in [-0.05, 0) is 47.0 Å². The van der Waals surface area contributed by atoms with Crippen molar-refractivity contribution in [3.63, 3.8) is 0 Å². The van der Waals surface area contributed by atoms with Gasteiger partial charge in [-0.3, -0.25) is 4.79 Å². The summed E-state index contributed by atoms with van der Waals surface area (Å²) in [6, 6.07) is 19.4. The van der Waals surface area contributed by atoms with Crippen molar-refractivity contribution in [2.75, 3.05) is 7.11 Å². The number of carbonyl (C=O) groups excluding carboxylic acids is 2. The summed E-state index contributed by atoms with van der Waals surface area (Å²) in [7, 11) is 1.33. The van der Waals surface area contributed by atoms with Crippen LogP contribution in [0.5, 0.6) is 0 Å². The summed E-state index contributed by atoms with van der Waals surface area (Å²) in [5, 5.41) is 7.45. The van der Waals surface area contributed by atoms with Crippen molar-refractivity contribution >= 4 is 52.4 Å². The minimum atomic E-state index is -0.547. The third kappa shape index (κ3) is 5.06. The topological polar surface area (TPSA) is 59.0 Å². The van der Waals surface area contributed by atoms with Crippen LogP contribution in [0.1, 0.15) is 39.4 Å². The molecule has 33 heavy (non-hydrogen) atoms. The van der Waals surface area contributed by atoms with Gasteiger partial charge >= 0.3 is 5.97 Å². The van der Waals surface area contributed by atoms with E-state index in [0.717, 1.165) is 16.8 Å². The Kier molecular flexibility index (Phi) is 7.03. The van der Waals surface area contributed by atoms with E-state index < -0.39 is 11.9 Å². The molecule has 0 aromatic heterocycles. The summed E-state index contributed by atoms with van der Waals surface area (Å²) < 4.78 is 4.74. The molecule has 1 aliphatic heterocycles. The molecular formula is C25H19Cl3N2O3. The first-order valence-corrected chi connectivity index (χ1v) is 11.3. The molecule has 1 atom stereocenters. The number of methoxy groups -OCH3 is 1. The smallest absolute Gasteiger partial charge is 0.337 e. The van der Waals surface area contributed by atoms with Gasteiger partial charge in [-0.25, -0.2) is 9.80 Å². The molecule has 168 valence electrons. The predicted molar refractivity (Wildman–Crippen MR) is 130 cm³/mol. The first-order chi connectivity index (χ1) is 15.9. The van der Waals surface area contributed by atoms with Gasteiger partial charge in [-0.15, -0.1) is 0 Å². The Balaban J connectivity index is 1.70. The normalized spacial score (nSPS) is 15.9. The molecule has 3 aromatic rings. The molecule has 4 rings (SSSR count). The number of benzene rings is 3. The average molecular weight is 502 g/mol. The van der Waals surface area contributed by atoms with Crippen molar-refractivity contribution < 1.29 is 14.3 Å². The third-order valence-corrected chi connectivity index (χ3v) is 6.52. The minimum Gasteiger partial charge on any atom is -0.465 e. The van der Waals surface area contributed by atoms with Gasteiger partial charge in [0.05, 0.1) is 40.9 Å². The SMILES string of the molecule is COC(=O)c1ccc(CN2N=C(c3ccc(Cl)cc3)C[C@H](c3cccc(Cl)c3Cl)C2=O)cc1. The van der Waals surface area contributed by atoms with Crippen LogP contribution >= 0.6 is 34.8 Å². The van der Waals surface area contributed by atoms with E-state index in [9.17, 15) is 9.59 Å². The standard InChI is InChI=1S/C25H19Cl3N2O3/c1-33-25(32)17-7-5-15(6-8-17)14-30-24(31)20(19-3-2-4-21(27)23(19)28)13-22(29-30)16-9-11-18(26)12-10-16/h2-12,20H,13-14H2,1H3/t20-/m1/s1. The van der Waals surface area contributed by atoms with Gasteiger partial charge in [0.25, 0.3) is 5.91 Å². The fourth-order valence-electron chi connectivity index (χ4n) is 3.70. The summed E-state index contributed by atoms with van der Waals surface area (Å²) >= 11 is 18.8. The van der Waals surface area contributed by atoms with Crippen LogP contribution in [-0.4, -0.2) is 29.7 Å². The van der Waals surface area contributed by atoms with Crippen LogP contribution in [0, 0.1) is 0 Å². The second-order valence-corrected chi connectivity index (χ2v) is 8.76. The zero-order valence-electron chi connectivity index (χ0n) is 17.6. The van der Waals surface area contributed by atoms with E-state index in [2.05, 4.69) is 5.10 Å². The third-order valence-electron chi connectivity index (χ3n) is 5.43. The van der Waals surface area contributed by atoms with E-state index >= 15 is 0 Å². The number of carbonyl (C=O) groups is 2. The number of hydrogen-bond donors (Lipinski definition) is 0. The Morgan fingerprint density at radius 2 is 1.73 bits per heavy atom. The van der Waals surface area contributed by atoms with Crippen molar-refractivity contribution in [2.45, 2.75) is 18.9 Å². The van der Waals surface area contributed by atoms with Crippen LogP contribution in [-0.2, 0) is 16.1 Å². The van der Waals surface area contributed by atoms with E-state index in [1.165, 1.54) is 12.1 Å². The number of hydrazone groups is 1. The molecule has 0 aliphatic carbocycles. The fraction of sp³-hybridized carbons (Fsp3) is 0.160. The Bertz CT molecular complexity index is 1220. The summed E-state index contributed by atoms with van der Waals surface area (Å²) in [5.41, 5.74) is 3.49. The molecule has 0 saturated carbocycles. The molecule has 8 heteroatoms. The highest BCUT2D eigenvalue weighted by Crippen LogP contribution is 2.37. The van der Waals surface area contributed by atoms with E-state index in [1.807, 2.05) is 18.2 Å². The highest BCUT2D eigenvalue weighted by Gasteiger charge is 2.34. The highest BCUT2D eigenvalue weighted by molar-refractivity contribution is 6.42. The molecule has 0 radical (unpaired) electrons. The zero-order chi connectivity index (χ0) is 23.5. The maximum atomic E-state index is 13.5. The van der Waals surface area contributed by atoms with Crippen molar-refractivity contribution in [2.24, 2.45) is 5.10 Å². The van der Waals surface area contributed by atoms with Gasteiger partial charge in [0.1, 0.15) is 0 Å². The Morgan fingerprint density at radius 1 is 1.03 bits per heavy atom. The lowest BCUT2D eigenvalue weighted by Crippen LogP contribution is -2.37. The first-order valence-electron chi connectivity index (χ1n) is 10.1. The molecule has 0 fully saturated rings. The Morgan fingerprint density at radius 3 is 2.39 bits per heavy atom. The van der Waals surface area contributed by atoms with Gasteiger partial charge in [0, 0.05) is 11.4 Å². The number of halogens is 3. The second-order valence-electron chi connectivity index (χ2n) is 7.54. The molecule has 1 heterocycles. The molecule has 1 aliphatic rings. The summed E-state index contributed by atoms with van der Waals surface area (Å²) in [4.78, 5) is 25.2. The lowest BCUT2D eigenvalue weighted by molar-refractivity contribution is -0.134. The number of esters is 1. The summed E-state index contributed by atoms with van der Waals surface area (Å²) in [6.07, 6.45) is 0.373. The zero-order valence-corrected chi connectivity index (χ0v) is 19.9. The van der Waals surface area contributed by atoms with Gasteiger partial charge < -0.3 is 4.74 Å². The lowest BCUT2D eigenvalue weighted by atomic mass is 9.88. The molecule has 0 spiro atoms. The fourth-order valence-corrected chi connectivity index (χ4v) is 4.26. The lowest BCUT2D eigenvalue weighted by Gasteiger charge is -2.30. The first kappa shape index (κ1) is 23.3. The molecular weight excluding hydrogens is 483 g/mol. The minimum absolute atomic E-state index is 0.186. The van der Waals surface area contributed by atoms with Crippen LogP contribution in [0.2, 0.25) is 15.1 Å². The van der Waals surface area contributed by atoms with Gasteiger partial charge in [0.2, 0.25) is 0 Å². The molecule has 3 aromatic carbocycles. The van der Waals surface area contributed by atoms with Crippen LogP contribution < -0.4 is 0 Å². The average Bonchev–Trinajstić information content (AvgIpc) is 2.83. The van der Waals surface area contributed by atoms with Crippen molar-refractivity contribution in [3.05, 3.63) is 104 Å². The van der Waals surface area contributed by atoms with Crippen molar-refractivity contribution in [1.29, 1.82) is 0 Å². The maximum Gasteiger partial charge on any atom is 0.337 e. The molecule has 0 bridgehead atoms. The van der Waals surface area contributed by atoms with Crippen LogP contribution in [0.3, 0.4) is 0 Å². The van der Waals surface area contributed by atoms with Crippen molar-refractivity contribution in [1.82, 2.24) is 5.01 Å². The van der Waals surface area contributed by atoms with Crippen LogP contribution in [0.4, 0.5) is 0 Å². The van der Waals surface area contributed by atoms with Gasteiger partial charge in [-0.1, -0.05) is 71.2 Å². The monoisotopic (exact) mass is 500 g/mol. The number of amides is 1. The molecule has 1 amide bonds.